The topological polar surface area (TPSA) is 55.7 Å². The van der Waals surface area contributed by atoms with Gasteiger partial charge in [0.1, 0.15) is 5.65 Å². The average molecular weight is 372 g/mol. The maximum absolute atomic E-state index is 13.8. The molecule has 27 heavy (non-hydrogen) atoms. The van der Waals surface area contributed by atoms with Gasteiger partial charge in [-0.15, -0.1) is 0 Å². The molecule has 2 aliphatic rings. The van der Waals surface area contributed by atoms with Crippen LogP contribution in [0.15, 0.2) is 24.5 Å². The molecule has 1 aliphatic carbocycles. The summed E-state index contributed by atoms with van der Waals surface area (Å²) >= 11 is 0. The number of ether oxygens (including phenoxy) is 1. The minimum Gasteiger partial charge on any atom is -0.381 e. The summed E-state index contributed by atoms with van der Waals surface area (Å²) in [7, 11) is 0. The molecule has 3 aromatic rings. The summed E-state index contributed by atoms with van der Waals surface area (Å²) in [6.45, 7) is 3.37. The van der Waals surface area contributed by atoms with Gasteiger partial charge in [0.05, 0.1) is 18.3 Å². The number of pyridine rings is 1. The second-order valence-electron chi connectivity index (χ2n) is 7.80. The summed E-state index contributed by atoms with van der Waals surface area (Å²) < 4.78 is 35.0. The number of aromatic amines is 1. The van der Waals surface area contributed by atoms with E-state index in [1.54, 1.807) is 6.20 Å². The fourth-order valence-corrected chi connectivity index (χ4v) is 4.33. The van der Waals surface area contributed by atoms with Crippen LogP contribution in [0.25, 0.3) is 22.3 Å². The molecule has 1 saturated carbocycles. The second-order valence-corrected chi connectivity index (χ2v) is 7.80. The Kier molecular flexibility index (Phi) is 3.82. The van der Waals surface area contributed by atoms with Crippen LogP contribution < -0.4 is 0 Å². The van der Waals surface area contributed by atoms with Gasteiger partial charge in [-0.2, -0.15) is 5.10 Å². The van der Waals surface area contributed by atoms with Crippen molar-refractivity contribution in [3.05, 3.63) is 35.8 Å². The van der Waals surface area contributed by atoms with Gasteiger partial charge < -0.3 is 9.72 Å². The number of halogens is 2. The van der Waals surface area contributed by atoms with Gasteiger partial charge in [0.25, 0.3) is 0 Å². The minimum atomic E-state index is -2.59. The van der Waals surface area contributed by atoms with E-state index in [-0.39, 0.29) is 24.8 Å². The molecule has 7 heteroatoms. The molecule has 0 aromatic carbocycles. The third-order valence-corrected chi connectivity index (χ3v) is 5.87. The first-order chi connectivity index (χ1) is 13.0. The lowest BCUT2D eigenvalue weighted by Crippen LogP contribution is -2.16. The Hall–Kier alpha value is -2.28. The van der Waals surface area contributed by atoms with Crippen molar-refractivity contribution in [1.29, 1.82) is 0 Å². The predicted octanol–water partition coefficient (Wildman–Crippen LogP) is 4.60. The third-order valence-electron chi connectivity index (χ3n) is 5.87. The number of aromatic nitrogens is 4. The van der Waals surface area contributed by atoms with Crippen LogP contribution in [0.4, 0.5) is 8.78 Å². The number of fused-ring (bicyclic) bond motifs is 1. The monoisotopic (exact) mass is 372 g/mol. The molecule has 0 spiro atoms. The summed E-state index contributed by atoms with van der Waals surface area (Å²) in [5.41, 5.74) is 4.68. The van der Waals surface area contributed by atoms with Gasteiger partial charge in [0, 0.05) is 54.4 Å². The highest BCUT2D eigenvalue weighted by Crippen LogP contribution is 2.43. The lowest BCUT2D eigenvalue weighted by molar-refractivity contribution is 0.00505. The average Bonchev–Trinajstić information content (AvgIpc) is 3.40. The van der Waals surface area contributed by atoms with Crippen molar-refractivity contribution in [2.45, 2.75) is 50.5 Å². The molecule has 1 unspecified atom stereocenters. The van der Waals surface area contributed by atoms with Crippen molar-refractivity contribution in [3.63, 3.8) is 0 Å². The Morgan fingerprint density at radius 1 is 1.30 bits per heavy atom. The Morgan fingerprint density at radius 3 is 2.93 bits per heavy atom. The summed E-state index contributed by atoms with van der Waals surface area (Å²) in [4.78, 5) is 7.63. The fraction of sp³-hybridized carbons (Fsp3) is 0.500. The molecule has 5 rings (SSSR count). The van der Waals surface area contributed by atoms with Crippen LogP contribution in [0, 0.1) is 6.92 Å². The molecule has 0 amide bonds. The van der Waals surface area contributed by atoms with Crippen molar-refractivity contribution in [2.75, 3.05) is 13.2 Å². The SMILES string of the molecule is Cc1c[nH]c2ncc(-c3cc(C4CCOC4)n([C@H]4CCC(F)(F)C4)n3)cc12. The van der Waals surface area contributed by atoms with E-state index in [1.165, 1.54) is 0 Å². The molecule has 2 atom stereocenters. The molecule has 1 aliphatic heterocycles. The summed E-state index contributed by atoms with van der Waals surface area (Å²) in [5.74, 6) is -2.38. The molecule has 2 fully saturated rings. The van der Waals surface area contributed by atoms with E-state index in [4.69, 9.17) is 9.84 Å². The number of aryl methyl sites for hydroxylation is 1. The van der Waals surface area contributed by atoms with Gasteiger partial charge >= 0.3 is 0 Å². The number of hydrogen-bond acceptors (Lipinski definition) is 3. The van der Waals surface area contributed by atoms with Crippen LogP contribution in [0.3, 0.4) is 0 Å². The van der Waals surface area contributed by atoms with E-state index in [0.717, 1.165) is 40.0 Å². The van der Waals surface area contributed by atoms with Gasteiger partial charge in [0.15, 0.2) is 0 Å². The van der Waals surface area contributed by atoms with Gasteiger partial charge in [-0.25, -0.2) is 13.8 Å². The van der Waals surface area contributed by atoms with Crippen LogP contribution in [0.5, 0.6) is 0 Å². The Labute approximate surface area is 155 Å². The molecular weight excluding hydrogens is 350 g/mol. The number of nitrogens with one attached hydrogen (secondary N) is 1. The first-order valence-electron chi connectivity index (χ1n) is 9.49. The van der Waals surface area contributed by atoms with E-state index in [9.17, 15) is 8.78 Å². The molecule has 0 radical (unpaired) electrons. The van der Waals surface area contributed by atoms with E-state index < -0.39 is 5.92 Å². The van der Waals surface area contributed by atoms with Crippen molar-refractivity contribution in [3.8, 4) is 11.3 Å². The Balaban J connectivity index is 1.58. The van der Waals surface area contributed by atoms with Crippen LogP contribution in [0.1, 0.15) is 48.9 Å². The minimum absolute atomic E-state index is 0.0659. The van der Waals surface area contributed by atoms with Crippen LogP contribution in [0.2, 0.25) is 0 Å². The highest BCUT2D eigenvalue weighted by molar-refractivity contribution is 5.83. The van der Waals surface area contributed by atoms with E-state index in [2.05, 4.69) is 16.0 Å². The standard InChI is InChI=1S/C20H22F2N4O/c1-12-9-23-19-16(12)6-14(10-24-19)17-7-18(13-3-5-27-11-13)26(25-17)15-2-4-20(21,22)8-15/h6-7,9-10,13,15H,2-5,8,11H2,1H3,(H,23,24)/t13?,15-/m0/s1. The number of hydrogen-bond donors (Lipinski definition) is 1. The Bertz CT molecular complexity index is 987. The first-order valence-corrected chi connectivity index (χ1v) is 9.49. The molecule has 142 valence electrons. The van der Waals surface area contributed by atoms with Crippen molar-refractivity contribution in [2.24, 2.45) is 0 Å². The van der Waals surface area contributed by atoms with Crippen molar-refractivity contribution in [1.82, 2.24) is 19.7 Å². The summed E-state index contributed by atoms with van der Waals surface area (Å²) in [6, 6.07) is 3.86. The smallest absolute Gasteiger partial charge is 0.250 e. The van der Waals surface area contributed by atoms with E-state index >= 15 is 0 Å². The number of alkyl halides is 2. The van der Waals surface area contributed by atoms with Gasteiger partial charge in [-0.3, -0.25) is 4.68 Å². The van der Waals surface area contributed by atoms with Crippen molar-refractivity contribution < 1.29 is 13.5 Å². The summed E-state index contributed by atoms with van der Waals surface area (Å²) in [6.07, 6.45) is 4.89. The van der Waals surface area contributed by atoms with E-state index in [0.29, 0.717) is 19.6 Å². The highest BCUT2D eigenvalue weighted by Gasteiger charge is 2.42. The lowest BCUT2D eigenvalue weighted by Gasteiger charge is -2.17. The normalized spacial score (nSPS) is 24.9. The van der Waals surface area contributed by atoms with Crippen molar-refractivity contribution >= 4 is 11.0 Å². The van der Waals surface area contributed by atoms with Gasteiger partial charge in [0.2, 0.25) is 5.92 Å². The van der Waals surface area contributed by atoms with Crippen LogP contribution in [-0.2, 0) is 4.74 Å². The van der Waals surface area contributed by atoms with Gasteiger partial charge in [-0.05, 0) is 37.5 Å². The molecule has 1 N–H and O–H groups in total. The molecule has 5 nitrogen and oxygen atoms in total. The zero-order chi connectivity index (χ0) is 18.6. The maximum atomic E-state index is 13.8. The van der Waals surface area contributed by atoms with Crippen LogP contribution >= 0.6 is 0 Å². The molecule has 1 saturated heterocycles. The van der Waals surface area contributed by atoms with Crippen LogP contribution in [-0.4, -0.2) is 38.9 Å². The summed E-state index contributed by atoms with van der Waals surface area (Å²) in [5, 5.41) is 5.83. The number of rotatable bonds is 3. The fourth-order valence-electron chi connectivity index (χ4n) is 4.33. The lowest BCUT2D eigenvalue weighted by atomic mass is 10.0. The molecule has 0 bridgehead atoms. The first kappa shape index (κ1) is 16.9. The van der Waals surface area contributed by atoms with E-state index in [1.807, 2.05) is 23.9 Å². The number of nitrogens with zero attached hydrogens (tertiary/aromatic N) is 3. The predicted molar refractivity (Wildman–Crippen MR) is 98.1 cm³/mol. The quantitative estimate of drug-likeness (QED) is 0.731. The zero-order valence-electron chi connectivity index (χ0n) is 15.2. The maximum Gasteiger partial charge on any atom is 0.250 e. The largest absolute Gasteiger partial charge is 0.381 e. The second kappa shape index (κ2) is 6.12. The molecular formula is C20H22F2N4O. The molecule has 4 heterocycles. The van der Waals surface area contributed by atoms with Gasteiger partial charge in [-0.1, -0.05) is 0 Å². The Morgan fingerprint density at radius 2 is 2.19 bits per heavy atom. The zero-order valence-corrected chi connectivity index (χ0v) is 15.2. The number of H-pyrrole nitrogens is 1. The highest BCUT2D eigenvalue weighted by atomic mass is 19.3. The molecule has 3 aromatic heterocycles. The third kappa shape index (κ3) is 2.94.